The second-order valence-corrected chi connectivity index (χ2v) is 4.82. The van der Waals surface area contributed by atoms with Crippen LogP contribution in [-0.2, 0) is 6.54 Å². The fraction of sp³-hybridized carbons (Fsp3) is 0.600. The van der Waals surface area contributed by atoms with E-state index in [4.69, 9.17) is 0 Å². The maximum Gasteiger partial charge on any atom is 0.0831 e. The van der Waals surface area contributed by atoms with Crippen LogP contribution in [-0.4, -0.2) is 42.3 Å². The average Bonchev–Trinajstić information content (AvgIpc) is 2.75. The zero-order valence-corrected chi connectivity index (χ0v) is 9.13. The molecule has 1 fully saturated rings. The third-order valence-corrected chi connectivity index (χ3v) is 3.56. The third kappa shape index (κ3) is 2.15. The first-order valence-corrected chi connectivity index (χ1v) is 5.77. The number of hydrogen-bond acceptors (Lipinski definition) is 4. The molecule has 2 rings (SSSR count). The van der Waals surface area contributed by atoms with Crippen LogP contribution in [0.15, 0.2) is 17.5 Å². The van der Waals surface area contributed by atoms with Crippen molar-refractivity contribution in [1.29, 1.82) is 0 Å². The van der Waals surface area contributed by atoms with E-state index in [-0.39, 0.29) is 12.1 Å². The molecule has 0 radical (unpaired) electrons. The predicted molar refractivity (Wildman–Crippen MR) is 58.5 cm³/mol. The van der Waals surface area contributed by atoms with E-state index in [1.54, 1.807) is 11.3 Å². The summed E-state index contributed by atoms with van der Waals surface area (Å²) in [4.78, 5) is 3.57. The molecule has 4 heteroatoms. The van der Waals surface area contributed by atoms with Gasteiger partial charge in [0.1, 0.15) is 0 Å². The molecule has 78 valence electrons. The van der Waals surface area contributed by atoms with E-state index in [0.717, 1.165) is 19.6 Å². The summed E-state index contributed by atoms with van der Waals surface area (Å²) in [6.07, 6.45) is -0.222. The molecule has 2 N–H and O–H groups in total. The summed E-state index contributed by atoms with van der Waals surface area (Å²) in [5, 5.41) is 15.0. The van der Waals surface area contributed by atoms with Gasteiger partial charge in [-0.05, 0) is 18.5 Å². The monoisotopic (exact) mass is 212 g/mol. The van der Waals surface area contributed by atoms with E-state index >= 15 is 0 Å². The first-order chi connectivity index (χ1) is 6.77. The topological polar surface area (TPSA) is 35.5 Å². The summed E-state index contributed by atoms with van der Waals surface area (Å²) >= 11 is 1.77. The van der Waals surface area contributed by atoms with Crippen LogP contribution in [0.5, 0.6) is 0 Å². The summed E-state index contributed by atoms with van der Waals surface area (Å²) in [5.41, 5.74) is 0. The predicted octanol–water partition coefficient (Wildman–Crippen LogP) is 0.513. The van der Waals surface area contributed by atoms with Crippen molar-refractivity contribution in [3.63, 3.8) is 0 Å². The molecule has 1 aliphatic rings. The Bertz CT molecular complexity index is 276. The highest BCUT2D eigenvalue weighted by atomic mass is 32.1. The van der Waals surface area contributed by atoms with Gasteiger partial charge in [0, 0.05) is 30.6 Å². The SMILES string of the molecule is CN(Cc1cccs1)[C@@H]1CNC[C@H]1O. The Kier molecular flexibility index (Phi) is 3.18. The number of thiophene rings is 1. The summed E-state index contributed by atoms with van der Waals surface area (Å²) in [6, 6.07) is 4.46. The van der Waals surface area contributed by atoms with Crippen molar-refractivity contribution in [1.82, 2.24) is 10.2 Å². The van der Waals surface area contributed by atoms with E-state index in [9.17, 15) is 5.11 Å². The van der Waals surface area contributed by atoms with Gasteiger partial charge in [-0.1, -0.05) is 6.07 Å². The van der Waals surface area contributed by atoms with Gasteiger partial charge in [0.15, 0.2) is 0 Å². The molecule has 1 aliphatic heterocycles. The van der Waals surface area contributed by atoms with Crippen molar-refractivity contribution in [3.05, 3.63) is 22.4 Å². The van der Waals surface area contributed by atoms with Crippen LogP contribution in [0.4, 0.5) is 0 Å². The van der Waals surface area contributed by atoms with Gasteiger partial charge < -0.3 is 10.4 Å². The molecule has 14 heavy (non-hydrogen) atoms. The zero-order valence-electron chi connectivity index (χ0n) is 8.31. The molecule has 0 aliphatic carbocycles. The van der Waals surface area contributed by atoms with Gasteiger partial charge in [0.05, 0.1) is 6.10 Å². The Morgan fingerprint density at radius 1 is 1.64 bits per heavy atom. The van der Waals surface area contributed by atoms with Crippen LogP contribution in [0.2, 0.25) is 0 Å². The van der Waals surface area contributed by atoms with Crippen molar-refractivity contribution in [2.45, 2.75) is 18.7 Å². The standard InChI is InChI=1S/C10H16N2OS/c1-12(7-8-3-2-4-14-8)9-5-11-6-10(9)13/h2-4,9-11,13H,5-7H2,1H3/t9-,10-/m1/s1. The van der Waals surface area contributed by atoms with Gasteiger partial charge in [-0.15, -0.1) is 11.3 Å². The molecule has 0 unspecified atom stereocenters. The largest absolute Gasteiger partial charge is 0.390 e. The summed E-state index contributed by atoms with van der Waals surface area (Å²) in [7, 11) is 2.07. The smallest absolute Gasteiger partial charge is 0.0831 e. The van der Waals surface area contributed by atoms with Crippen molar-refractivity contribution in [2.24, 2.45) is 0 Å². The number of rotatable bonds is 3. The number of likely N-dealkylation sites (N-methyl/N-ethyl adjacent to an activating group) is 1. The van der Waals surface area contributed by atoms with Gasteiger partial charge in [0.2, 0.25) is 0 Å². The van der Waals surface area contributed by atoms with Crippen molar-refractivity contribution < 1.29 is 5.11 Å². The van der Waals surface area contributed by atoms with Gasteiger partial charge in [-0.3, -0.25) is 4.90 Å². The van der Waals surface area contributed by atoms with Gasteiger partial charge in [0.25, 0.3) is 0 Å². The molecule has 0 bridgehead atoms. The van der Waals surface area contributed by atoms with Crippen molar-refractivity contribution in [3.8, 4) is 0 Å². The van der Waals surface area contributed by atoms with Crippen LogP contribution in [0.1, 0.15) is 4.88 Å². The number of nitrogens with one attached hydrogen (secondary N) is 1. The molecule has 0 aromatic carbocycles. The Morgan fingerprint density at radius 3 is 3.07 bits per heavy atom. The van der Waals surface area contributed by atoms with Gasteiger partial charge in [-0.2, -0.15) is 0 Å². The lowest BCUT2D eigenvalue weighted by atomic mass is 10.2. The maximum absolute atomic E-state index is 9.69. The molecular weight excluding hydrogens is 196 g/mol. The second kappa shape index (κ2) is 4.40. The number of β-amino-alcohol motifs (C(OH)–C–C–N with tert-alkyl or cyclic N) is 1. The Balaban J connectivity index is 1.92. The summed E-state index contributed by atoms with van der Waals surface area (Å²) < 4.78 is 0. The van der Waals surface area contributed by atoms with E-state index < -0.39 is 0 Å². The molecule has 2 atom stereocenters. The molecule has 0 spiro atoms. The molecular formula is C10H16N2OS. The molecule has 1 aromatic rings. The Labute approximate surface area is 88.4 Å². The van der Waals surface area contributed by atoms with Crippen LogP contribution in [0.3, 0.4) is 0 Å². The van der Waals surface area contributed by atoms with Crippen molar-refractivity contribution >= 4 is 11.3 Å². The number of aliphatic hydroxyl groups is 1. The first-order valence-electron chi connectivity index (χ1n) is 4.89. The second-order valence-electron chi connectivity index (χ2n) is 3.79. The molecule has 3 nitrogen and oxygen atoms in total. The average molecular weight is 212 g/mol. The Hall–Kier alpha value is -0.420. The van der Waals surface area contributed by atoms with Crippen molar-refractivity contribution in [2.75, 3.05) is 20.1 Å². The third-order valence-electron chi connectivity index (χ3n) is 2.70. The highest BCUT2D eigenvalue weighted by Gasteiger charge is 2.28. The number of nitrogens with zero attached hydrogens (tertiary/aromatic N) is 1. The van der Waals surface area contributed by atoms with Crippen LogP contribution >= 0.6 is 11.3 Å². The molecule has 0 saturated carbocycles. The minimum atomic E-state index is -0.222. The molecule has 1 saturated heterocycles. The fourth-order valence-corrected chi connectivity index (χ4v) is 2.63. The Morgan fingerprint density at radius 2 is 2.50 bits per heavy atom. The van der Waals surface area contributed by atoms with E-state index in [1.165, 1.54) is 4.88 Å². The minimum absolute atomic E-state index is 0.222. The lowest BCUT2D eigenvalue weighted by molar-refractivity contribution is 0.0961. The lowest BCUT2D eigenvalue weighted by Crippen LogP contribution is -2.39. The molecule has 1 aromatic heterocycles. The lowest BCUT2D eigenvalue weighted by Gasteiger charge is -2.25. The number of hydrogen-bond donors (Lipinski definition) is 2. The summed E-state index contributed by atoms with van der Waals surface area (Å²) in [6.45, 7) is 2.55. The highest BCUT2D eigenvalue weighted by molar-refractivity contribution is 7.09. The van der Waals surface area contributed by atoms with Crippen LogP contribution < -0.4 is 5.32 Å². The molecule has 2 heterocycles. The van der Waals surface area contributed by atoms with E-state index in [2.05, 4.69) is 34.8 Å². The van der Waals surface area contributed by atoms with Crippen LogP contribution in [0, 0.1) is 0 Å². The van der Waals surface area contributed by atoms with Crippen LogP contribution in [0.25, 0.3) is 0 Å². The van der Waals surface area contributed by atoms with E-state index in [0.29, 0.717) is 0 Å². The maximum atomic E-state index is 9.69. The van der Waals surface area contributed by atoms with E-state index in [1.807, 2.05) is 0 Å². The quantitative estimate of drug-likeness (QED) is 0.766. The van der Waals surface area contributed by atoms with Gasteiger partial charge in [-0.25, -0.2) is 0 Å². The normalized spacial score (nSPS) is 27.4. The fourth-order valence-electron chi connectivity index (χ4n) is 1.87. The summed E-state index contributed by atoms with van der Waals surface area (Å²) in [5.74, 6) is 0. The number of aliphatic hydroxyl groups excluding tert-OH is 1. The highest BCUT2D eigenvalue weighted by Crippen LogP contribution is 2.15. The molecule has 0 amide bonds. The van der Waals surface area contributed by atoms with Gasteiger partial charge >= 0.3 is 0 Å². The first kappa shape index (κ1) is 10.1. The zero-order chi connectivity index (χ0) is 9.97. The minimum Gasteiger partial charge on any atom is -0.390 e.